The van der Waals surface area contributed by atoms with E-state index >= 15 is 0 Å². The average Bonchev–Trinajstić information content (AvgIpc) is 2.99. The predicted molar refractivity (Wildman–Crippen MR) is 63.7 cm³/mol. The van der Waals surface area contributed by atoms with Gasteiger partial charge < -0.3 is 4.90 Å². The molecule has 0 aliphatic heterocycles. The molecule has 0 amide bonds. The van der Waals surface area contributed by atoms with Crippen LogP contribution in [0.25, 0.3) is 0 Å². The minimum atomic E-state index is 0.695. The molecule has 0 unspecified atom stereocenters. The van der Waals surface area contributed by atoms with E-state index < -0.39 is 0 Å². The molecular weight excluding hydrogens is 208 g/mol. The standard InChI is InChI=1S/C10H18N4S/c1-3-7-14(8-5-6-8)9-11-12-10(15)13(9)4-2/h8H,3-7H2,1-2H3,(H,12,15). The molecule has 2 rings (SSSR count). The largest absolute Gasteiger partial charge is 0.338 e. The summed E-state index contributed by atoms with van der Waals surface area (Å²) in [6.45, 7) is 6.26. The summed E-state index contributed by atoms with van der Waals surface area (Å²) in [5.74, 6) is 1.02. The van der Waals surface area contributed by atoms with Crippen LogP contribution in [0.5, 0.6) is 0 Å². The number of rotatable bonds is 5. The van der Waals surface area contributed by atoms with Crippen LogP contribution in [-0.2, 0) is 6.54 Å². The summed E-state index contributed by atoms with van der Waals surface area (Å²) in [5, 5.41) is 7.22. The Morgan fingerprint density at radius 3 is 2.80 bits per heavy atom. The molecule has 1 aromatic heterocycles. The van der Waals surface area contributed by atoms with Crippen LogP contribution in [0, 0.1) is 4.77 Å². The second kappa shape index (κ2) is 4.35. The Labute approximate surface area is 95.3 Å². The van der Waals surface area contributed by atoms with Crippen LogP contribution in [0.4, 0.5) is 5.95 Å². The van der Waals surface area contributed by atoms with Gasteiger partial charge in [0, 0.05) is 19.1 Å². The van der Waals surface area contributed by atoms with Gasteiger partial charge in [-0.2, -0.15) is 0 Å². The van der Waals surface area contributed by atoms with Crippen molar-refractivity contribution < 1.29 is 0 Å². The Morgan fingerprint density at radius 2 is 2.27 bits per heavy atom. The van der Waals surface area contributed by atoms with Crippen molar-refractivity contribution in [3.63, 3.8) is 0 Å². The third kappa shape index (κ3) is 2.07. The highest BCUT2D eigenvalue weighted by Gasteiger charge is 2.31. The molecule has 1 aromatic rings. The molecule has 0 saturated heterocycles. The van der Waals surface area contributed by atoms with Gasteiger partial charge >= 0.3 is 0 Å². The lowest BCUT2D eigenvalue weighted by Crippen LogP contribution is -2.29. The van der Waals surface area contributed by atoms with Crippen molar-refractivity contribution in [2.24, 2.45) is 0 Å². The fraction of sp³-hybridized carbons (Fsp3) is 0.800. The molecule has 0 aromatic carbocycles. The topological polar surface area (TPSA) is 36.9 Å². The van der Waals surface area contributed by atoms with Crippen LogP contribution in [0.1, 0.15) is 33.1 Å². The molecule has 0 bridgehead atoms. The number of nitrogens with one attached hydrogen (secondary N) is 1. The summed E-state index contributed by atoms with van der Waals surface area (Å²) >= 11 is 5.20. The van der Waals surface area contributed by atoms with E-state index in [9.17, 15) is 0 Å². The zero-order valence-electron chi connectivity index (χ0n) is 9.36. The quantitative estimate of drug-likeness (QED) is 0.783. The van der Waals surface area contributed by atoms with Crippen LogP contribution in [0.15, 0.2) is 0 Å². The average molecular weight is 226 g/mol. The Balaban J connectivity index is 2.27. The molecule has 84 valence electrons. The van der Waals surface area contributed by atoms with E-state index in [1.807, 2.05) is 0 Å². The van der Waals surface area contributed by atoms with Crippen LogP contribution < -0.4 is 4.90 Å². The minimum absolute atomic E-state index is 0.695. The highest BCUT2D eigenvalue weighted by molar-refractivity contribution is 7.71. The normalized spacial score (nSPS) is 15.6. The molecule has 15 heavy (non-hydrogen) atoms. The number of aromatic amines is 1. The van der Waals surface area contributed by atoms with Crippen molar-refractivity contribution in [2.75, 3.05) is 11.4 Å². The minimum Gasteiger partial charge on any atom is -0.338 e. The molecule has 4 nitrogen and oxygen atoms in total. The van der Waals surface area contributed by atoms with Crippen molar-refractivity contribution in [2.45, 2.75) is 45.7 Å². The Hall–Kier alpha value is -0.840. The number of hydrogen-bond acceptors (Lipinski definition) is 3. The summed E-state index contributed by atoms with van der Waals surface area (Å²) in [5.41, 5.74) is 0. The van der Waals surface area contributed by atoms with Gasteiger partial charge in [0.25, 0.3) is 0 Å². The van der Waals surface area contributed by atoms with Gasteiger partial charge in [-0.3, -0.25) is 4.57 Å². The van der Waals surface area contributed by atoms with Gasteiger partial charge in [0.15, 0.2) is 4.77 Å². The summed E-state index contributed by atoms with van der Waals surface area (Å²) in [6, 6.07) is 0.695. The fourth-order valence-corrected chi connectivity index (χ4v) is 2.14. The number of nitrogens with zero attached hydrogens (tertiary/aromatic N) is 3. The predicted octanol–water partition coefficient (Wildman–Crippen LogP) is 2.34. The lowest BCUT2D eigenvalue weighted by molar-refractivity contribution is 0.673. The van der Waals surface area contributed by atoms with E-state index in [0.717, 1.165) is 30.2 Å². The number of H-pyrrole nitrogens is 1. The maximum atomic E-state index is 5.20. The van der Waals surface area contributed by atoms with Gasteiger partial charge in [0.2, 0.25) is 5.95 Å². The molecule has 5 heteroatoms. The van der Waals surface area contributed by atoms with Gasteiger partial charge in [-0.25, -0.2) is 5.10 Å². The Kier molecular flexibility index (Phi) is 3.09. The molecule has 1 aliphatic carbocycles. The molecule has 0 spiro atoms. The van der Waals surface area contributed by atoms with Crippen molar-refractivity contribution >= 4 is 18.2 Å². The monoisotopic (exact) mass is 226 g/mol. The lowest BCUT2D eigenvalue weighted by atomic mass is 10.4. The number of anilines is 1. The first kappa shape index (κ1) is 10.7. The summed E-state index contributed by atoms with van der Waals surface area (Å²) in [6.07, 6.45) is 3.74. The highest BCUT2D eigenvalue weighted by Crippen LogP contribution is 2.30. The summed E-state index contributed by atoms with van der Waals surface area (Å²) in [7, 11) is 0. The van der Waals surface area contributed by atoms with Crippen molar-refractivity contribution in [1.29, 1.82) is 0 Å². The first-order chi connectivity index (χ1) is 7.27. The highest BCUT2D eigenvalue weighted by atomic mass is 32.1. The second-order valence-corrected chi connectivity index (χ2v) is 4.38. The third-order valence-electron chi connectivity index (χ3n) is 2.76. The van der Waals surface area contributed by atoms with E-state index in [0.29, 0.717) is 6.04 Å². The lowest BCUT2D eigenvalue weighted by Gasteiger charge is -2.22. The molecule has 0 radical (unpaired) electrons. The Morgan fingerprint density at radius 1 is 1.53 bits per heavy atom. The van der Waals surface area contributed by atoms with Crippen LogP contribution >= 0.6 is 12.2 Å². The van der Waals surface area contributed by atoms with Crippen LogP contribution in [0.2, 0.25) is 0 Å². The smallest absolute Gasteiger partial charge is 0.225 e. The Bertz CT molecular complexity index is 377. The molecule has 1 fully saturated rings. The zero-order valence-corrected chi connectivity index (χ0v) is 10.2. The van der Waals surface area contributed by atoms with Crippen molar-refractivity contribution in [3.05, 3.63) is 4.77 Å². The summed E-state index contributed by atoms with van der Waals surface area (Å²) < 4.78 is 2.80. The molecule has 1 aliphatic rings. The first-order valence-electron chi connectivity index (χ1n) is 5.69. The van der Waals surface area contributed by atoms with Gasteiger partial charge in [-0.05, 0) is 38.4 Å². The maximum Gasteiger partial charge on any atom is 0.225 e. The maximum absolute atomic E-state index is 5.20. The van der Waals surface area contributed by atoms with Crippen LogP contribution in [0.3, 0.4) is 0 Å². The van der Waals surface area contributed by atoms with Crippen molar-refractivity contribution in [3.8, 4) is 0 Å². The molecule has 1 N–H and O–H groups in total. The summed E-state index contributed by atoms with van der Waals surface area (Å²) in [4.78, 5) is 2.38. The second-order valence-electron chi connectivity index (χ2n) is 4.00. The number of aromatic nitrogens is 3. The molecule has 1 heterocycles. The van der Waals surface area contributed by atoms with E-state index in [1.54, 1.807) is 0 Å². The van der Waals surface area contributed by atoms with Gasteiger partial charge in [-0.15, -0.1) is 5.10 Å². The molecule has 0 atom stereocenters. The fourth-order valence-electron chi connectivity index (χ4n) is 1.89. The van der Waals surface area contributed by atoms with E-state index in [-0.39, 0.29) is 0 Å². The van der Waals surface area contributed by atoms with Crippen molar-refractivity contribution in [1.82, 2.24) is 14.8 Å². The zero-order chi connectivity index (χ0) is 10.8. The van der Waals surface area contributed by atoms with Gasteiger partial charge in [0.1, 0.15) is 0 Å². The molecule has 1 saturated carbocycles. The van der Waals surface area contributed by atoms with E-state index in [4.69, 9.17) is 12.2 Å². The van der Waals surface area contributed by atoms with Gasteiger partial charge in [-0.1, -0.05) is 6.92 Å². The van der Waals surface area contributed by atoms with Gasteiger partial charge in [0.05, 0.1) is 0 Å². The molecular formula is C10H18N4S. The third-order valence-corrected chi connectivity index (χ3v) is 3.08. The SMILES string of the molecule is CCCN(c1n[nH]c(=S)n1CC)C1CC1. The number of hydrogen-bond donors (Lipinski definition) is 1. The van der Waals surface area contributed by atoms with E-state index in [1.165, 1.54) is 12.8 Å². The van der Waals surface area contributed by atoms with E-state index in [2.05, 4.69) is 33.5 Å². The van der Waals surface area contributed by atoms with Crippen LogP contribution in [-0.4, -0.2) is 27.4 Å². The first-order valence-corrected chi connectivity index (χ1v) is 6.10.